The number of alkyl halides is 3. The summed E-state index contributed by atoms with van der Waals surface area (Å²) < 4.78 is 37.3. The Hall–Kier alpha value is -1.58. The Labute approximate surface area is 90.6 Å². The molecule has 16 heavy (non-hydrogen) atoms. The molecule has 2 rings (SSSR count). The van der Waals surface area contributed by atoms with Gasteiger partial charge in [0.15, 0.2) is 5.78 Å². The van der Waals surface area contributed by atoms with Gasteiger partial charge in [-0.2, -0.15) is 13.2 Å². The van der Waals surface area contributed by atoms with Gasteiger partial charge in [0.25, 0.3) is 0 Å². The molecule has 0 fully saturated rings. The number of carbonyl (C=O) groups is 1. The van der Waals surface area contributed by atoms with Crippen molar-refractivity contribution in [2.45, 2.75) is 19.5 Å². The lowest BCUT2D eigenvalue weighted by molar-refractivity contribution is -0.137. The second-order valence-electron chi connectivity index (χ2n) is 3.63. The standard InChI is InChI=1S/C12H9F3O/c1-2-11(16)10-5-7-3-4-8(6-9(7)10)12(13,14)15/h3-6H,2H2,1H3. The van der Waals surface area contributed by atoms with Gasteiger partial charge in [-0.05, 0) is 29.3 Å². The maximum atomic E-state index is 12.4. The molecule has 84 valence electrons. The van der Waals surface area contributed by atoms with E-state index in [1.807, 2.05) is 0 Å². The zero-order valence-corrected chi connectivity index (χ0v) is 8.56. The van der Waals surface area contributed by atoms with E-state index < -0.39 is 11.7 Å². The topological polar surface area (TPSA) is 17.1 Å². The second-order valence-corrected chi connectivity index (χ2v) is 3.63. The highest BCUT2D eigenvalue weighted by atomic mass is 19.4. The van der Waals surface area contributed by atoms with Crippen molar-refractivity contribution >= 4 is 17.4 Å². The first kappa shape index (κ1) is 10.9. The van der Waals surface area contributed by atoms with Gasteiger partial charge in [-0.1, -0.05) is 13.0 Å². The number of ketones is 1. The molecule has 1 aromatic rings. The first-order chi connectivity index (χ1) is 7.43. The van der Waals surface area contributed by atoms with Gasteiger partial charge in [-0.15, -0.1) is 0 Å². The molecule has 1 aliphatic carbocycles. The van der Waals surface area contributed by atoms with Crippen LogP contribution >= 0.6 is 0 Å². The third kappa shape index (κ3) is 1.64. The molecule has 0 saturated carbocycles. The van der Waals surface area contributed by atoms with E-state index >= 15 is 0 Å². The van der Waals surface area contributed by atoms with Crippen molar-refractivity contribution < 1.29 is 18.0 Å². The molecular formula is C12H9F3O. The van der Waals surface area contributed by atoms with Crippen molar-refractivity contribution in [3.05, 3.63) is 34.9 Å². The molecule has 0 spiro atoms. The summed E-state index contributed by atoms with van der Waals surface area (Å²) in [5.41, 5.74) is 0.816. The fourth-order valence-electron chi connectivity index (χ4n) is 1.67. The largest absolute Gasteiger partial charge is 0.416 e. The van der Waals surface area contributed by atoms with Crippen LogP contribution in [0.5, 0.6) is 0 Å². The number of halogens is 3. The highest BCUT2D eigenvalue weighted by molar-refractivity contribution is 6.30. The first-order valence-corrected chi connectivity index (χ1v) is 4.90. The van der Waals surface area contributed by atoms with Crippen LogP contribution in [0.3, 0.4) is 0 Å². The van der Waals surface area contributed by atoms with Gasteiger partial charge >= 0.3 is 6.18 Å². The van der Waals surface area contributed by atoms with E-state index in [9.17, 15) is 18.0 Å². The number of hydrogen-bond acceptors (Lipinski definition) is 1. The fraction of sp³-hybridized carbons (Fsp3) is 0.250. The summed E-state index contributed by atoms with van der Waals surface area (Å²) in [6.45, 7) is 1.69. The van der Waals surface area contributed by atoms with Gasteiger partial charge in [-0.25, -0.2) is 0 Å². The summed E-state index contributed by atoms with van der Waals surface area (Å²) in [5, 5.41) is 0. The average molecular weight is 226 g/mol. The van der Waals surface area contributed by atoms with Crippen molar-refractivity contribution in [1.29, 1.82) is 0 Å². The number of Topliss-reactive ketones (excluding diaryl/α,β-unsaturated/α-hetero) is 1. The second kappa shape index (κ2) is 3.47. The van der Waals surface area contributed by atoms with Gasteiger partial charge in [0.05, 0.1) is 5.56 Å². The molecule has 0 unspecified atom stereocenters. The Bertz CT molecular complexity index is 484. The van der Waals surface area contributed by atoms with Gasteiger partial charge in [0, 0.05) is 12.0 Å². The first-order valence-electron chi connectivity index (χ1n) is 4.90. The summed E-state index contributed by atoms with van der Waals surface area (Å²) in [6, 6.07) is 3.46. The molecule has 0 N–H and O–H groups in total. The minimum atomic E-state index is -4.36. The normalized spacial score (nSPS) is 13.9. The molecule has 0 heterocycles. The molecule has 0 atom stereocenters. The lowest BCUT2D eigenvalue weighted by Gasteiger charge is -2.20. The van der Waals surface area contributed by atoms with Gasteiger partial charge in [0.1, 0.15) is 0 Å². The minimum absolute atomic E-state index is 0.119. The summed E-state index contributed by atoms with van der Waals surface area (Å²) in [6.07, 6.45) is -2.42. The van der Waals surface area contributed by atoms with Crippen molar-refractivity contribution in [3.63, 3.8) is 0 Å². The Morgan fingerprint density at radius 3 is 2.56 bits per heavy atom. The van der Waals surface area contributed by atoms with Crippen LogP contribution in [0.25, 0.3) is 11.6 Å². The van der Waals surface area contributed by atoms with Crippen molar-refractivity contribution in [1.82, 2.24) is 0 Å². The van der Waals surface area contributed by atoms with E-state index in [4.69, 9.17) is 0 Å². The molecule has 1 nitrogen and oxygen atoms in total. The number of allylic oxidation sites excluding steroid dienone is 1. The van der Waals surface area contributed by atoms with Crippen LogP contribution in [-0.2, 0) is 11.0 Å². The fourth-order valence-corrected chi connectivity index (χ4v) is 1.67. The van der Waals surface area contributed by atoms with Crippen molar-refractivity contribution in [2.75, 3.05) is 0 Å². The predicted octanol–water partition coefficient (Wildman–Crippen LogP) is 3.54. The smallest absolute Gasteiger partial charge is 0.294 e. The van der Waals surface area contributed by atoms with Crippen LogP contribution in [0, 0.1) is 0 Å². The molecule has 0 saturated heterocycles. The molecule has 4 heteroatoms. The van der Waals surface area contributed by atoms with Crippen molar-refractivity contribution in [3.8, 4) is 0 Å². The molecule has 0 aliphatic heterocycles. The number of benzene rings is 1. The molecule has 0 radical (unpaired) electrons. The lowest BCUT2D eigenvalue weighted by atomic mass is 9.84. The molecule has 1 aliphatic rings. The highest BCUT2D eigenvalue weighted by Crippen LogP contribution is 2.38. The minimum Gasteiger partial charge on any atom is -0.294 e. The zero-order chi connectivity index (χ0) is 11.9. The number of fused-ring (bicyclic) bond motifs is 1. The van der Waals surface area contributed by atoms with Gasteiger partial charge in [0.2, 0.25) is 0 Å². The van der Waals surface area contributed by atoms with Crippen molar-refractivity contribution in [2.24, 2.45) is 0 Å². The molecule has 0 bridgehead atoms. The number of rotatable bonds is 2. The highest BCUT2D eigenvalue weighted by Gasteiger charge is 2.33. The van der Waals surface area contributed by atoms with E-state index in [1.54, 1.807) is 13.0 Å². The van der Waals surface area contributed by atoms with E-state index in [1.165, 1.54) is 6.07 Å². The van der Waals surface area contributed by atoms with Crippen LogP contribution in [0.4, 0.5) is 13.2 Å². The monoisotopic (exact) mass is 226 g/mol. The quantitative estimate of drug-likeness (QED) is 0.753. The van der Waals surface area contributed by atoms with E-state index in [-0.39, 0.29) is 5.78 Å². The SMILES string of the molecule is CCC(=O)C1=Cc2ccc(C(F)(F)F)cc21. The van der Waals surface area contributed by atoms with E-state index in [0.717, 1.165) is 12.1 Å². The Balaban J connectivity index is 2.37. The third-order valence-electron chi connectivity index (χ3n) is 2.59. The molecule has 1 aromatic carbocycles. The predicted molar refractivity (Wildman–Crippen MR) is 54.6 cm³/mol. The molecule has 0 amide bonds. The molecule has 0 aromatic heterocycles. The Kier molecular flexibility index (Phi) is 2.37. The summed E-state index contributed by atoms with van der Waals surface area (Å²) in [4.78, 5) is 11.4. The van der Waals surface area contributed by atoms with Crippen LogP contribution in [0.2, 0.25) is 0 Å². The Morgan fingerprint density at radius 1 is 1.31 bits per heavy atom. The van der Waals surface area contributed by atoms with Crippen LogP contribution < -0.4 is 0 Å². The lowest BCUT2D eigenvalue weighted by Crippen LogP contribution is -2.12. The molecular weight excluding hydrogens is 217 g/mol. The average Bonchev–Trinajstić information content (AvgIpc) is 2.17. The summed E-state index contributed by atoms with van der Waals surface area (Å²) in [5.74, 6) is -0.119. The van der Waals surface area contributed by atoms with Crippen LogP contribution in [-0.4, -0.2) is 5.78 Å². The van der Waals surface area contributed by atoms with E-state index in [0.29, 0.717) is 23.1 Å². The van der Waals surface area contributed by atoms with Crippen LogP contribution in [0.15, 0.2) is 18.2 Å². The number of carbonyl (C=O) groups excluding carboxylic acids is 1. The zero-order valence-electron chi connectivity index (χ0n) is 8.56. The number of hydrogen-bond donors (Lipinski definition) is 0. The summed E-state index contributed by atoms with van der Waals surface area (Å²) >= 11 is 0. The maximum Gasteiger partial charge on any atom is 0.416 e. The maximum absolute atomic E-state index is 12.4. The Morgan fingerprint density at radius 2 is 2.00 bits per heavy atom. The van der Waals surface area contributed by atoms with Gasteiger partial charge in [-0.3, -0.25) is 4.79 Å². The van der Waals surface area contributed by atoms with Crippen LogP contribution in [0.1, 0.15) is 30.0 Å². The third-order valence-corrected chi connectivity index (χ3v) is 2.59. The van der Waals surface area contributed by atoms with Gasteiger partial charge < -0.3 is 0 Å². The van der Waals surface area contributed by atoms with E-state index in [2.05, 4.69) is 0 Å². The summed E-state index contributed by atoms with van der Waals surface area (Å²) in [7, 11) is 0.